The van der Waals surface area contributed by atoms with E-state index in [2.05, 4.69) is 25.1 Å². The first-order valence-corrected chi connectivity index (χ1v) is 11.6. The van der Waals surface area contributed by atoms with Crippen molar-refractivity contribution in [3.05, 3.63) is 67.2 Å². The molecule has 11 nitrogen and oxygen atoms in total. The van der Waals surface area contributed by atoms with Gasteiger partial charge in [-0.1, -0.05) is 11.2 Å². The van der Waals surface area contributed by atoms with Crippen molar-refractivity contribution >= 4 is 11.0 Å². The van der Waals surface area contributed by atoms with Crippen LogP contribution in [0.2, 0.25) is 0 Å². The van der Waals surface area contributed by atoms with E-state index in [0.29, 0.717) is 36.7 Å². The first-order valence-electron chi connectivity index (χ1n) is 11.6. The lowest BCUT2D eigenvalue weighted by atomic mass is 10.2. The lowest BCUT2D eigenvalue weighted by Gasteiger charge is -2.14. The third-order valence-electron chi connectivity index (χ3n) is 5.62. The van der Waals surface area contributed by atoms with Gasteiger partial charge >= 0.3 is 5.69 Å². The lowest BCUT2D eigenvalue weighted by molar-refractivity contribution is 0.356. The minimum atomic E-state index is -1.62. The van der Waals surface area contributed by atoms with Gasteiger partial charge in [-0.2, -0.15) is 4.98 Å². The van der Waals surface area contributed by atoms with E-state index in [4.69, 9.17) is 4.52 Å². The number of aromatic amines is 1. The molecule has 0 fully saturated rings. The van der Waals surface area contributed by atoms with Gasteiger partial charge in [-0.05, 0) is 44.7 Å². The third kappa shape index (κ3) is 5.29. The van der Waals surface area contributed by atoms with Gasteiger partial charge < -0.3 is 9.51 Å². The van der Waals surface area contributed by atoms with Crippen molar-refractivity contribution in [2.75, 3.05) is 6.67 Å². The summed E-state index contributed by atoms with van der Waals surface area (Å²) in [5, 5.41) is 3.93. The van der Waals surface area contributed by atoms with Crippen molar-refractivity contribution in [2.24, 2.45) is 0 Å². The maximum absolute atomic E-state index is 13.8. The van der Waals surface area contributed by atoms with Crippen LogP contribution >= 0.6 is 0 Å². The fraction of sp³-hybridized carbons (Fsp3) is 0.435. The molecule has 0 spiro atoms. The van der Waals surface area contributed by atoms with Crippen molar-refractivity contribution in [3.63, 3.8) is 0 Å². The molecule has 0 amide bonds. The number of halogens is 2. The minimum absolute atomic E-state index is 0.0218. The Bertz CT molecular complexity index is 1510. The quantitative estimate of drug-likeness (QED) is 0.309. The summed E-state index contributed by atoms with van der Waals surface area (Å²) in [4.78, 5) is 53.6. The zero-order chi connectivity index (χ0) is 25.7. The van der Waals surface area contributed by atoms with E-state index >= 15 is 0 Å². The molecule has 1 N–H and O–H groups in total. The molecule has 4 heterocycles. The molecule has 0 aliphatic rings. The van der Waals surface area contributed by atoms with Crippen LogP contribution in [0.25, 0.3) is 22.6 Å². The summed E-state index contributed by atoms with van der Waals surface area (Å²) in [5.41, 5.74) is -2.24. The molecule has 1 unspecified atom stereocenters. The van der Waals surface area contributed by atoms with Crippen LogP contribution in [0.15, 0.2) is 43.3 Å². The number of unbranched alkanes of at least 4 members (excludes halogenated alkanes) is 2. The van der Waals surface area contributed by atoms with Gasteiger partial charge in [0.15, 0.2) is 17.5 Å². The number of nitrogens with one attached hydrogen (secondary N) is 1. The third-order valence-corrected chi connectivity index (χ3v) is 5.62. The van der Waals surface area contributed by atoms with E-state index in [1.165, 1.54) is 6.92 Å². The van der Waals surface area contributed by atoms with Crippen LogP contribution in [0, 0.1) is 0 Å². The Morgan fingerprint density at radius 1 is 1.06 bits per heavy atom. The zero-order valence-corrected chi connectivity index (χ0v) is 19.6. The first kappa shape index (κ1) is 25.1. The van der Waals surface area contributed by atoms with E-state index in [9.17, 15) is 23.2 Å². The Morgan fingerprint density at radius 3 is 2.56 bits per heavy atom. The molecule has 0 aliphatic heterocycles. The van der Waals surface area contributed by atoms with Crippen LogP contribution in [0.4, 0.5) is 8.78 Å². The highest BCUT2D eigenvalue weighted by molar-refractivity contribution is 5.72. The maximum atomic E-state index is 13.8. The summed E-state index contributed by atoms with van der Waals surface area (Å²) >= 11 is 0. The summed E-state index contributed by atoms with van der Waals surface area (Å²) in [6, 6.07) is 5.32. The van der Waals surface area contributed by atoms with E-state index in [0.717, 1.165) is 9.13 Å². The SMILES string of the molecule is CC(F)c1nc2c(=O)n(CCCCc3noc(-c4ccccn4)n3)c(=O)n(CCCCF)c2c(=O)[nH]1. The van der Waals surface area contributed by atoms with Crippen molar-refractivity contribution in [2.45, 2.75) is 58.3 Å². The van der Waals surface area contributed by atoms with Crippen molar-refractivity contribution in [1.82, 2.24) is 34.2 Å². The highest BCUT2D eigenvalue weighted by Crippen LogP contribution is 2.15. The number of fused-ring (bicyclic) bond motifs is 1. The van der Waals surface area contributed by atoms with Crippen molar-refractivity contribution < 1.29 is 13.3 Å². The van der Waals surface area contributed by atoms with Gasteiger partial charge in [-0.25, -0.2) is 14.2 Å². The molecule has 36 heavy (non-hydrogen) atoms. The van der Waals surface area contributed by atoms with Gasteiger partial charge in [0.2, 0.25) is 0 Å². The summed E-state index contributed by atoms with van der Waals surface area (Å²) in [7, 11) is 0. The molecule has 1 atom stereocenters. The molecule has 0 aromatic carbocycles. The number of H-pyrrole nitrogens is 1. The molecule has 0 aliphatic carbocycles. The maximum Gasteiger partial charge on any atom is 0.331 e. The summed E-state index contributed by atoms with van der Waals surface area (Å²) in [6.07, 6.45) is 1.84. The highest BCUT2D eigenvalue weighted by atomic mass is 19.1. The van der Waals surface area contributed by atoms with Crippen LogP contribution in [0.3, 0.4) is 0 Å². The normalized spacial score (nSPS) is 12.3. The Hall–Kier alpha value is -4.03. The Balaban J connectivity index is 1.57. The van der Waals surface area contributed by atoms with Gasteiger partial charge in [-0.3, -0.25) is 28.1 Å². The van der Waals surface area contributed by atoms with Crippen LogP contribution in [0.5, 0.6) is 0 Å². The molecule has 0 bridgehead atoms. The highest BCUT2D eigenvalue weighted by Gasteiger charge is 2.20. The van der Waals surface area contributed by atoms with Crippen LogP contribution in [-0.2, 0) is 19.5 Å². The number of nitrogens with zero attached hydrogens (tertiary/aromatic N) is 6. The molecule has 4 rings (SSSR count). The molecular weight excluding hydrogens is 476 g/mol. The van der Waals surface area contributed by atoms with E-state index in [1.54, 1.807) is 24.4 Å². The molecule has 0 saturated heterocycles. The second kappa shape index (κ2) is 11.1. The molecule has 0 saturated carbocycles. The molecule has 13 heteroatoms. The first-order chi connectivity index (χ1) is 17.4. The number of hydrogen-bond donors (Lipinski definition) is 1. The van der Waals surface area contributed by atoms with Crippen LogP contribution in [-0.4, -0.2) is 40.9 Å². The average Bonchev–Trinajstić information content (AvgIpc) is 3.35. The Morgan fingerprint density at radius 2 is 1.83 bits per heavy atom. The summed E-state index contributed by atoms with van der Waals surface area (Å²) in [6.45, 7) is 0.657. The van der Waals surface area contributed by atoms with E-state index in [-0.39, 0.29) is 42.8 Å². The molecule has 190 valence electrons. The van der Waals surface area contributed by atoms with E-state index in [1.807, 2.05) is 0 Å². The predicted octanol–water partition coefficient (Wildman–Crippen LogP) is 2.49. The van der Waals surface area contributed by atoms with Gasteiger partial charge in [0.05, 0.1) is 6.67 Å². The average molecular weight is 501 g/mol. The minimum Gasteiger partial charge on any atom is -0.332 e. The Labute approximate surface area is 202 Å². The number of aryl methyl sites for hydroxylation is 2. The zero-order valence-electron chi connectivity index (χ0n) is 19.6. The number of alkyl halides is 2. The summed E-state index contributed by atoms with van der Waals surface area (Å²) < 4.78 is 33.8. The molecular formula is C23H25F2N7O4. The number of hydrogen-bond acceptors (Lipinski definition) is 8. The molecule has 4 aromatic heterocycles. The Kier molecular flexibility index (Phi) is 7.76. The smallest absolute Gasteiger partial charge is 0.331 e. The van der Waals surface area contributed by atoms with Crippen LogP contribution in [0.1, 0.15) is 50.4 Å². The van der Waals surface area contributed by atoms with Gasteiger partial charge in [0.1, 0.15) is 17.0 Å². The van der Waals surface area contributed by atoms with Crippen LogP contribution < -0.4 is 16.8 Å². The number of aromatic nitrogens is 7. The standard InChI is InChI=1S/C23H25F2N7O4/c1-14(25)19-28-17-18(20(33)29-19)31(12-7-4-10-24)23(35)32(22(17)34)13-6-3-9-16-27-21(36-30-16)15-8-2-5-11-26-15/h2,5,8,11,14H,3-4,6-7,9-10,12-13H2,1H3,(H,28,29,33). The van der Waals surface area contributed by atoms with Gasteiger partial charge in [0.25, 0.3) is 17.0 Å². The topological polar surface area (TPSA) is 142 Å². The molecule has 4 aromatic rings. The fourth-order valence-electron chi connectivity index (χ4n) is 3.80. The second-order valence-corrected chi connectivity index (χ2v) is 8.24. The number of rotatable bonds is 11. The monoisotopic (exact) mass is 501 g/mol. The van der Waals surface area contributed by atoms with Crippen molar-refractivity contribution in [1.29, 1.82) is 0 Å². The second-order valence-electron chi connectivity index (χ2n) is 8.24. The van der Waals surface area contributed by atoms with E-state index < -0.39 is 29.7 Å². The summed E-state index contributed by atoms with van der Waals surface area (Å²) in [5.74, 6) is 0.451. The fourth-order valence-corrected chi connectivity index (χ4v) is 3.80. The number of pyridine rings is 1. The largest absolute Gasteiger partial charge is 0.332 e. The molecule has 0 radical (unpaired) electrons. The lowest BCUT2D eigenvalue weighted by Crippen LogP contribution is -2.42. The van der Waals surface area contributed by atoms with Crippen molar-refractivity contribution in [3.8, 4) is 11.6 Å². The predicted molar refractivity (Wildman–Crippen MR) is 126 cm³/mol. The van der Waals surface area contributed by atoms with Gasteiger partial charge in [0, 0.05) is 25.7 Å². The van der Waals surface area contributed by atoms with Gasteiger partial charge in [-0.15, -0.1) is 0 Å².